The number of hydrogen-bond acceptors (Lipinski definition) is 3. The summed E-state index contributed by atoms with van der Waals surface area (Å²) in [4.78, 5) is 2.11. The number of nitrogens with zero attached hydrogens (tertiary/aromatic N) is 1. The van der Waals surface area contributed by atoms with E-state index in [1.165, 1.54) is 0 Å². The zero-order valence-corrected chi connectivity index (χ0v) is 11.0. The zero-order chi connectivity index (χ0) is 10.7. The van der Waals surface area contributed by atoms with E-state index < -0.39 is 8.56 Å². The molecule has 0 radical (unpaired) electrons. The van der Waals surface area contributed by atoms with Gasteiger partial charge in [-0.25, -0.2) is 0 Å². The predicted molar refractivity (Wildman–Crippen MR) is 64.8 cm³/mol. The molecule has 0 aliphatic rings. The highest BCUT2D eigenvalue weighted by Gasteiger charge is 2.35. The molecule has 0 heterocycles. The van der Waals surface area contributed by atoms with E-state index in [-0.39, 0.29) is 13.0 Å². The van der Waals surface area contributed by atoms with Crippen molar-refractivity contribution in [3.63, 3.8) is 0 Å². The molecule has 0 saturated heterocycles. The highest BCUT2D eigenvalue weighted by molar-refractivity contribution is 6.66. The Morgan fingerprint density at radius 1 is 1.21 bits per heavy atom. The molecule has 0 spiro atoms. The van der Waals surface area contributed by atoms with Crippen LogP contribution in [0.5, 0.6) is 0 Å². The van der Waals surface area contributed by atoms with Crippen LogP contribution in [0.4, 0.5) is 0 Å². The maximum atomic E-state index is 5.96. The third kappa shape index (κ3) is 7.50. The molecule has 0 aliphatic carbocycles. The second-order valence-electron chi connectivity index (χ2n) is 4.79. The van der Waals surface area contributed by atoms with Crippen LogP contribution in [-0.4, -0.2) is 46.4 Å². The molecule has 0 amide bonds. The lowest BCUT2D eigenvalue weighted by Crippen LogP contribution is -2.51. The van der Waals surface area contributed by atoms with Crippen molar-refractivity contribution in [3.05, 3.63) is 0 Å². The highest BCUT2D eigenvalue weighted by atomic mass is 28.4. The Morgan fingerprint density at radius 3 is 1.86 bits per heavy atom. The van der Waals surface area contributed by atoms with Gasteiger partial charge in [0.15, 0.2) is 0 Å². The normalized spacial score (nSPS) is 16.3. The van der Waals surface area contributed by atoms with E-state index in [9.17, 15) is 0 Å². The topological polar surface area (TPSA) is 21.7 Å². The molecule has 3 nitrogen and oxygen atoms in total. The van der Waals surface area contributed by atoms with E-state index in [0.29, 0.717) is 0 Å². The van der Waals surface area contributed by atoms with Crippen molar-refractivity contribution in [2.24, 2.45) is 0 Å². The van der Waals surface area contributed by atoms with E-state index in [4.69, 9.17) is 8.85 Å². The smallest absolute Gasteiger partial charge is 0.349 e. The fourth-order valence-corrected chi connectivity index (χ4v) is 4.08. The van der Waals surface area contributed by atoms with Gasteiger partial charge in [-0.3, -0.25) is 0 Å². The van der Waals surface area contributed by atoms with Crippen LogP contribution in [0.2, 0.25) is 6.55 Å². The maximum absolute atomic E-state index is 5.96. The molecule has 0 saturated carbocycles. The van der Waals surface area contributed by atoms with E-state index in [1.807, 2.05) is 14.1 Å². The Hall–Kier alpha value is 0.0969. The van der Waals surface area contributed by atoms with Crippen molar-refractivity contribution in [2.45, 2.75) is 40.3 Å². The van der Waals surface area contributed by atoms with E-state index in [0.717, 1.165) is 6.17 Å². The van der Waals surface area contributed by atoms with Crippen LogP contribution in [0.15, 0.2) is 0 Å². The summed E-state index contributed by atoms with van der Waals surface area (Å²) in [6, 6.07) is 0. The summed E-state index contributed by atoms with van der Waals surface area (Å²) >= 11 is 0. The molecule has 1 atom stereocenters. The van der Waals surface area contributed by atoms with E-state index in [1.54, 1.807) is 7.11 Å². The van der Waals surface area contributed by atoms with Crippen LogP contribution in [0, 0.1) is 0 Å². The zero-order valence-electron chi connectivity index (χ0n) is 9.97. The van der Waals surface area contributed by atoms with Crippen LogP contribution in [0.3, 0.4) is 0 Å². The Morgan fingerprint density at radius 2 is 1.64 bits per heavy atom. The Bertz CT molecular complexity index is 157. The largest absolute Gasteiger partial charge is 0.397 e. The minimum absolute atomic E-state index is 0. The van der Waals surface area contributed by atoms with Crippen molar-refractivity contribution in [1.82, 2.24) is 4.90 Å². The van der Waals surface area contributed by atoms with Gasteiger partial charge < -0.3 is 13.8 Å². The number of hydrogen-bond donors (Lipinski definition) is 0. The average Bonchev–Trinajstić information content (AvgIpc) is 1.81. The van der Waals surface area contributed by atoms with Gasteiger partial charge in [-0.05, 0) is 41.4 Å². The van der Waals surface area contributed by atoms with Gasteiger partial charge in [-0.1, -0.05) is 7.43 Å². The third-order valence-electron chi connectivity index (χ3n) is 1.56. The molecule has 1 unspecified atom stereocenters. The molecule has 0 N–H and O–H groups in total. The monoisotopic (exact) mass is 221 g/mol. The van der Waals surface area contributed by atoms with Crippen LogP contribution < -0.4 is 0 Å². The molecule has 14 heavy (non-hydrogen) atoms. The minimum atomic E-state index is -2.00. The first-order chi connectivity index (χ1) is 5.68. The highest BCUT2D eigenvalue weighted by Crippen LogP contribution is 2.17. The van der Waals surface area contributed by atoms with Gasteiger partial charge in [0.1, 0.15) is 0 Å². The fourth-order valence-electron chi connectivity index (χ4n) is 1.36. The van der Waals surface area contributed by atoms with Gasteiger partial charge in [-0.2, -0.15) is 0 Å². The summed E-state index contributed by atoms with van der Waals surface area (Å²) in [5, 5.41) is 0. The summed E-state index contributed by atoms with van der Waals surface area (Å²) in [5.41, 5.74) is -0.118. The third-order valence-corrected chi connectivity index (χ3v) is 4.67. The van der Waals surface area contributed by atoms with Crippen molar-refractivity contribution >= 4 is 8.56 Å². The first-order valence-electron chi connectivity index (χ1n) is 4.58. The lowest BCUT2D eigenvalue weighted by molar-refractivity contribution is 0.0709. The summed E-state index contributed by atoms with van der Waals surface area (Å²) in [6.45, 7) is 8.28. The van der Waals surface area contributed by atoms with Gasteiger partial charge >= 0.3 is 8.56 Å². The molecule has 0 aromatic carbocycles. The molecule has 0 rings (SSSR count). The van der Waals surface area contributed by atoms with Crippen molar-refractivity contribution in [1.29, 1.82) is 0 Å². The Balaban J connectivity index is 0. The lowest BCUT2D eigenvalue weighted by atomic mass is 10.2. The minimum Gasteiger partial charge on any atom is -0.397 e. The summed E-state index contributed by atoms with van der Waals surface area (Å²) in [7, 11) is 3.82. The second kappa shape index (κ2) is 5.85. The van der Waals surface area contributed by atoms with Crippen LogP contribution in [0.25, 0.3) is 0 Å². The molecule has 0 fully saturated rings. The maximum Gasteiger partial charge on any atom is 0.349 e. The number of rotatable bonds is 4. The van der Waals surface area contributed by atoms with Gasteiger partial charge in [0.25, 0.3) is 0 Å². The second-order valence-corrected chi connectivity index (χ2v) is 7.99. The first kappa shape index (κ1) is 16.5. The Labute approximate surface area is 90.6 Å². The standard InChI is InChI=1S/C9H23NO2Si.CH4/c1-9(2,3)12-13(7,11-6)8-10(4)5;/h8H2,1-7H3;1H4. The van der Waals surface area contributed by atoms with Crippen LogP contribution in [-0.2, 0) is 8.85 Å². The summed E-state index contributed by atoms with van der Waals surface area (Å²) < 4.78 is 11.5. The Kier molecular flexibility index (Phi) is 6.91. The quantitative estimate of drug-likeness (QED) is 0.680. The van der Waals surface area contributed by atoms with Crippen LogP contribution in [0.1, 0.15) is 28.2 Å². The van der Waals surface area contributed by atoms with E-state index in [2.05, 4.69) is 32.2 Å². The van der Waals surface area contributed by atoms with Crippen molar-refractivity contribution in [2.75, 3.05) is 27.4 Å². The molecule has 88 valence electrons. The molecular formula is C10H27NO2Si. The van der Waals surface area contributed by atoms with Crippen molar-refractivity contribution < 1.29 is 8.85 Å². The van der Waals surface area contributed by atoms with Gasteiger partial charge in [0.05, 0.1) is 5.60 Å². The average molecular weight is 221 g/mol. The molecule has 0 aromatic heterocycles. The van der Waals surface area contributed by atoms with Gasteiger partial charge in [-0.15, -0.1) is 0 Å². The van der Waals surface area contributed by atoms with Gasteiger partial charge in [0, 0.05) is 13.3 Å². The molecular weight excluding hydrogens is 194 g/mol. The first-order valence-corrected chi connectivity index (χ1v) is 7.11. The van der Waals surface area contributed by atoms with Crippen molar-refractivity contribution in [3.8, 4) is 0 Å². The summed E-state index contributed by atoms with van der Waals surface area (Å²) in [5.74, 6) is 0. The van der Waals surface area contributed by atoms with Gasteiger partial charge in [0.2, 0.25) is 0 Å². The van der Waals surface area contributed by atoms with Crippen LogP contribution >= 0.6 is 0 Å². The predicted octanol–water partition coefficient (Wildman–Crippen LogP) is 2.26. The van der Waals surface area contributed by atoms with E-state index >= 15 is 0 Å². The SMILES string of the molecule is C.CO[Si](C)(CN(C)C)OC(C)(C)C. The molecule has 4 heteroatoms. The fraction of sp³-hybridized carbons (Fsp3) is 1.00. The molecule has 0 bridgehead atoms. The molecule has 0 aromatic rings. The molecule has 0 aliphatic heterocycles. The summed E-state index contributed by atoms with van der Waals surface area (Å²) in [6.07, 6.45) is 0.890. The lowest BCUT2D eigenvalue weighted by Gasteiger charge is -2.34.